The molecule has 0 spiro atoms. The number of nitrogens with zero attached hydrogens (tertiary/aromatic N) is 4. The molecule has 3 aromatic carbocycles. The van der Waals surface area contributed by atoms with Gasteiger partial charge in [-0.05, 0) is 41.8 Å². The van der Waals surface area contributed by atoms with Crippen LogP contribution < -0.4 is 0 Å². The van der Waals surface area contributed by atoms with Gasteiger partial charge in [0.1, 0.15) is 17.6 Å². The van der Waals surface area contributed by atoms with Crippen LogP contribution in [0.5, 0.6) is 0 Å². The largest absolute Gasteiger partial charge is 0.356 e. The highest BCUT2D eigenvalue weighted by molar-refractivity contribution is 6.31. The molecule has 6 nitrogen and oxygen atoms in total. The first kappa shape index (κ1) is 19.1. The van der Waals surface area contributed by atoms with E-state index in [9.17, 15) is 4.79 Å². The van der Waals surface area contributed by atoms with Crippen LogP contribution in [0, 0.1) is 0 Å². The van der Waals surface area contributed by atoms with Gasteiger partial charge in [-0.3, -0.25) is 4.79 Å². The average molecular weight is 442 g/mol. The monoisotopic (exact) mass is 441 g/mol. The molecule has 0 aliphatic carbocycles. The summed E-state index contributed by atoms with van der Waals surface area (Å²) >= 11 is 6.62. The maximum absolute atomic E-state index is 13.5. The van der Waals surface area contributed by atoms with Crippen molar-refractivity contribution in [2.75, 3.05) is 6.54 Å². The van der Waals surface area contributed by atoms with E-state index in [1.165, 1.54) is 15.7 Å². The molecule has 1 aliphatic heterocycles. The van der Waals surface area contributed by atoms with Gasteiger partial charge in [0.25, 0.3) is 0 Å². The first-order valence-corrected chi connectivity index (χ1v) is 11.0. The molecule has 5 aromatic rings. The number of hydrogen-bond acceptors (Lipinski definition) is 3. The lowest BCUT2D eigenvalue weighted by molar-refractivity contribution is -0.134. The summed E-state index contributed by atoms with van der Waals surface area (Å²) in [7, 11) is 0. The number of nitrogens with one attached hydrogen (secondary N) is 1. The van der Waals surface area contributed by atoms with E-state index in [1.807, 2.05) is 65.6 Å². The molecule has 6 rings (SSSR count). The molecule has 158 valence electrons. The summed E-state index contributed by atoms with van der Waals surface area (Å²) in [5, 5.41) is 10.8. The van der Waals surface area contributed by atoms with E-state index in [0.29, 0.717) is 11.6 Å². The fraction of sp³-hybridized carbons (Fsp3) is 0.160. The molecule has 0 bridgehead atoms. The molecule has 3 heterocycles. The molecular formula is C25H20ClN5O. The van der Waals surface area contributed by atoms with E-state index in [-0.39, 0.29) is 18.5 Å². The number of rotatable bonds is 3. The fourth-order valence-electron chi connectivity index (χ4n) is 4.72. The van der Waals surface area contributed by atoms with Crippen molar-refractivity contribution >= 4 is 39.4 Å². The van der Waals surface area contributed by atoms with Crippen molar-refractivity contribution in [1.29, 1.82) is 0 Å². The van der Waals surface area contributed by atoms with Crippen molar-refractivity contribution in [1.82, 2.24) is 24.9 Å². The van der Waals surface area contributed by atoms with Gasteiger partial charge in [-0.2, -0.15) is 15.0 Å². The van der Waals surface area contributed by atoms with Crippen molar-refractivity contribution < 1.29 is 4.79 Å². The number of benzene rings is 3. The van der Waals surface area contributed by atoms with Crippen LogP contribution in [-0.2, 0) is 17.8 Å². The van der Waals surface area contributed by atoms with Gasteiger partial charge in [0.05, 0.1) is 6.04 Å². The molecule has 0 radical (unpaired) electrons. The van der Waals surface area contributed by atoms with Gasteiger partial charge < -0.3 is 9.88 Å². The zero-order chi connectivity index (χ0) is 21.7. The Labute approximate surface area is 189 Å². The Kier molecular flexibility index (Phi) is 4.47. The predicted molar refractivity (Wildman–Crippen MR) is 125 cm³/mol. The molecule has 2 aromatic heterocycles. The molecule has 0 unspecified atom stereocenters. The quantitative estimate of drug-likeness (QED) is 0.439. The summed E-state index contributed by atoms with van der Waals surface area (Å²) in [5.41, 5.74) is 5.81. The van der Waals surface area contributed by atoms with Crippen LogP contribution in [-0.4, -0.2) is 37.3 Å². The smallest absolute Gasteiger partial charge is 0.247 e. The van der Waals surface area contributed by atoms with Crippen LogP contribution in [0.1, 0.15) is 22.9 Å². The molecule has 1 atom stereocenters. The van der Waals surface area contributed by atoms with Gasteiger partial charge in [0, 0.05) is 28.2 Å². The first-order valence-electron chi connectivity index (χ1n) is 10.6. The number of carbonyl (C=O) groups excluding carboxylic acids is 1. The van der Waals surface area contributed by atoms with Crippen molar-refractivity contribution in [2.45, 2.75) is 19.0 Å². The average Bonchev–Trinajstić information content (AvgIpc) is 3.39. The van der Waals surface area contributed by atoms with Crippen LogP contribution in [0.4, 0.5) is 0 Å². The predicted octanol–water partition coefficient (Wildman–Crippen LogP) is 4.74. The molecule has 1 amide bonds. The lowest BCUT2D eigenvalue weighted by Crippen LogP contribution is -2.42. The Morgan fingerprint density at radius 1 is 0.969 bits per heavy atom. The maximum atomic E-state index is 13.5. The molecule has 32 heavy (non-hydrogen) atoms. The Hall–Kier alpha value is -3.64. The number of aromatic nitrogens is 4. The number of halogens is 1. The molecule has 1 aliphatic rings. The number of aromatic amines is 1. The summed E-state index contributed by atoms with van der Waals surface area (Å²) in [6.07, 6.45) is 0.778. The second kappa shape index (κ2) is 7.50. The third kappa shape index (κ3) is 3.07. The first-order chi connectivity index (χ1) is 15.7. The summed E-state index contributed by atoms with van der Waals surface area (Å²) in [5.74, 6) is -0.0421. The summed E-state index contributed by atoms with van der Waals surface area (Å²) in [6, 6.07) is 23.3. The van der Waals surface area contributed by atoms with Gasteiger partial charge >= 0.3 is 0 Å². The third-order valence-corrected chi connectivity index (χ3v) is 6.50. The van der Waals surface area contributed by atoms with E-state index in [4.69, 9.17) is 11.6 Å². The Morgan fingerprint density at radius 3 is 2.44 bits per heavy atom. The molecule has 7 heteroatoms. The van der Waals surface area contributed by atoms with E-state index in [1.54, 1.807) is 0 Å². The van der Waals surface area contributed by atoms with Gasteiger partial charge in [-0.1, -0.05) is 60.1 Å². The minimum absolute atomic E-state index is 0.0421. The minimum atomic E-state index is -0.294. The lowest BCUT2D eigenvalue weighted by atomic mass is 9.92. The Balaban J connectivity index is 1.43. The highest BCUT2D eigenvalue weighted by Crippen LogP contribution is 2.40. The van der Waals surface area contributed by atoms with Crippen LogP contribution in [0.3, 0.4) is 0 Å². The second-order valence-electron chi connectivity index (χ2n) is 8.04. The molecular weight excluding hydrogens is 422 g/mol. The number of amides is 1. The number of hydrogen-bond donors (Lipinski definition) is 1. The molecule has 0 fully saturated rings. The van der Waals surface area contributed by atoms with Gasteiger partial charge in [0.2, 0.25) is 5.91 Å². The van der Waals surface area contributed by atoms with Crippen molar-refractivity contribution in [3.05, 3.63) is 94.6 Å². The molecule has 0 saturated carbocycles. The van der Waals surface area contributed by atoms with Crippen molar-refractivity contribution in [3.8, 4) is 0 Å². The number of H-pyrrole nitrogens is 1. The summed E-state index contributed by atoms with van der Waals surface area (Å²) in [4.78, 5) is 20.5. The SMILES string of the molecule is O=C(Cn1nc2ccccc2n1)N1CCc2c([nH]c3ccccc23)[C@@H]1c1ccccc1Cl. The normalized spacial score (nSPS) is 15.9. The fourth-order valence-corrected chi connectivity index (χ4v) is 4.96. The topological polar surface area (TPSA) is 66.8 Å². The van der Waals surface area contributed by atoms with Crippen LogP contribution in [0.25, 0.3) is 21.9 Å². The van der Waals surface area contributed by atoms with Crippen molar-refractivity contribution in [3.63, 3.8) is 0 Å². The zero-order valence-electron chi connectivity index (χ0n) is 17.2. The van der Waals surface area contributed by atoms with E-state index in [2.05, 4.69) is 27.3 Å². The molecule has 1 N–H and O–H groups in total. The number of fused-ring (bicyclic) bond motifs is 4. The highest BCUT2D eigenvalue weighted by Gasteiger charge is 2.35. The highest BCUT2D eigenvalue weighted by atomic mass is 35.5. The zero-order valence-corrected chi connectivity index (χ0v) is 18.0. The Morgan fingerprint density at radius 2 is 1.66 bits per heavy atom. The van der Waals surface area contributed by atoms with Crippen LogP contribution in [0.2, 0.25) is 5.02 Å². The summed E-state index contributed by atoms with van der Waals surface area (Å²) < 4.78 is 0. The van der Waals surface area contributed by atoms with Crippen LogP contribution >= 0.6 is 11.6 Å². The van der Waals surface area contributed by atoms with E-state index in [0.717, 1.165) is 34.2 Å². The van der Waals surface area contributed by atoms with Gasteiger partial charge in [-0.15, -0.1) is 0 Å². The van der Waals surface area contributed by atoms with Gasteiger partial charge in [0.15, 0.2) is 0 Å². The molecule has 0 saturated heterocycles. The maximum Gasteiger partial charge on any atom is 0.247 e. The van der Waals surface area contributed by atoms with E-state index >= 15 is 0 Å². The minimum Gasteiger partial charge on any atom is -0.356 e. The number of para-hydroxylation sites is 1. The van der Waals surface area contributed by atoms with Gasteiger partial charge in [-0.25, -0.2) is 0 Å². The summed E-state index contributed by atoms with van der Waals surface area (Å²) in [6.45, 7) is 0.676. The standard InChI is InChI=1S/C25H20ClN5O/c26-19-9-3-1-8-18(19)25-24-17(16-7-2-4-10-20(16)27-24)13-14-30(25)23(32)15-31-28-21-11-5-6-12-22(21)29-31/h1-12,25,27H,13-15H2/t25-/m0/s1. The third-order valence-electron chi connectivity index (χ3n) is 6.16. The van der Waals surface area contributed by atoms with E-state index < -0.39 is 0 Å². The second-order valence-corrected chi connectivity index (χ2v) is 8.45. The van der Waals surface area contributed by atoms with Crippen LogP contribution in [0.15, 0.2) is 72.8 Å². The Bertz CT molecular complexity index is 1440. The van der Waals surface area contributed by atoms with Crippen molar-refractivity contribution in [2.24, 2.45) is 0 Å². The number of carbonyl (C=O) groups is 1. The lowest BCUT2D eigenvalue weighted by Gasteiger charge is -2.36.